The van der Waals surface area contributed by atoms with Crippen LogP contribution in [0.15, 0.2) is 54.9 Å². The monoisotopic (exact) mass is 346 g/mol. The van der Waals surface area contributed by atoms with Crippen LogP contribution in [-0.4, -0.2) is 15.9 Å². The van der Waals surface area contributed by atoms with E-state index < -0.39 is 0 Å². The second kappa shape index (κ2) is 7.52. The number of hydrogen-bond acceptors (Lipinski definition) is 4. The summed E-state index contributed by atoms with van der Waals surface area (Å²) in [6.07, 6.45) is 9.03. The molecule has 5 heteroatoms. The maximum Gasteiger partial charge on any atom is 0.228 e. The Bertz CT molecular complexity index is 896. The lowest BCUT2D eigenvalue weighted by atomic mass is 9.89. The zero-order valence-corrected chi connectivity index (χ0v) is 14.6. The quantitative estimate of drug-likeness (QED) is 0.706. The van der Waals surface area contributed by atoms with Gasteiger partial charge in [0.1, 0.15) is 5.82 Å². The highest BCUT2D eigenvalue weighted by Crippen LogP contribution is 2.26. The van der Waals surface area contributed by atoms with E-state index in [0.717, 1.165) is 48.0 Å². The molecule has 26 heavy (non-hydrogen) atoms. The summed E-state index contributed by atoms with van der Waals surface area (Å²) in [5.74, 6) is 0.823. The van der Waals surface area contributed by atoms with Gasteiger partial charge in [0.2, 0.25) is 5.91 Å². The molecule has 2 aromatic heterocycles. The van der Waals surface area contributed by atoms with Crippen LogP contribution in [0.1, 0.15) is 32.1 Å². The summed E-state index contributed by atoms with van der Waals surface area (Å²) in [5.41, 5.74) is 2.72. The Labute approximate surface area is 152 Å². The molecule has 0 atom stereocenters. The number of carbonyl (C=O) groups excluding carboxylic acids is 1. The Balaban J connectivity index is 1.45. The van der Waals surface area contributed by atoms with E-state index in [1.165, 1.54) is 6.42 Å². The van der Waals surface area contributed by atoms with Crippen LogP contribution in [0.3, 0.4) is 0 Å². The lowest BCUT2D eigenvalue weighted by Gasteiger charge is -2.20. The lowest BCUT2D eigenvalue weighted by Crippen LogP contribution is -2.25. The van der Waals surface area contributed by atoms with Crippen molar-refractivity contribution in [2.24, 2.45) is 5.92 Å². The molecule has 0 spiro atoms. The summed E-state index contributed by atoms with van der Waals surface area (Å²) in [6, 6.07) is 13.8. The number of fused-ring (bicyclic) bond motifs is 1. The number of nitrogens with one attached hydrogen (secondary N) is 2. The van der Waals surface area contributed by atoms with Crippen LogP contribution in [0.2, 0.25) is 0 Å². The molecule has 0 radical (unpaired) electrons. The molecule has 1 saturated carbocycles. The molecule has 1 aliphatic carbocycles. The first-order valence-electron chi connectivity index (χ1n) is 9.17. The normalized spacial score (nSPS) is 14.9. The van der Waals surface area contributed by atoms with Gasteiger partial charge in [-0.2, -0.15) is 0 Å². The molecular weight excluding hydrogens is 324 g/mol. The summed E-state index contributed by atoms with van der Waals surface area (Å²) in [7, 11) is 0. The number of nitrogens with zero attached hydrogens (tertiary/aromatic N) is 2. The first-order valence-corrected chi connectivity index (χ1v) is 9.17. The molecule has 1 fully saturated rings. The Kier molecular flexibility index (Phi) is 4.78. The minimum atomic E-state index is 0.0937. The number of pyridine rings is 2. The van der Waals surface area contributed by atoms with Crippen molar-refractivity contribution in [3.63, 3.8) is 0 Å². The van der Waals surface area contributed by atoms with Crippen molar-refractivity contribution in [2.45, 2.75) is 32.1 Å². The second-order valence-electron chi connectivity index (χ2n) is 6.76. The zero-order valence-electron chi connectivity index (χ0n) is 14.6. The zero-order chi connectivity index (χ0) is 17.8. The van der Waals surface area contributed by atoms with Crippen LogP contribution in [-0.2, 0) is 4.79 Å². The Morgan fingerprint density at radius 1 is 0.962 bits per heavy atom. The molecule has 5 nitrogen and oxygen atoms in total. The van der Waals surface area contributed by atoms with Crippen molar-refractivity contribution in [3.05, 3.63) is 54.9 Å². The van der Waals surface area contributed by atoms with Crippen molar-refractivity contribution in [1.29, 1.82) is 0 Å². The van der Waals surface area contributed by atoms with Gasteiger partial charge >= 0.3 is 0 Å². The van der Waals surface area contributed by atoms with Crippen molar-refractivity contribution < 1.29 is 4.79 Å². The number of para-hydroxylation sites is 1. The van der Waals surface area contributed by atoms with Crippen molar-refractivity contribution in [1.82, 2.24) is 9.97 Å². The molecule has 1 aromatic carbocycles. The maximum absolute atomic E-state index is 12.3. The lowest BCUT2D eigenvalue weighted by molar-refractivity contribution is -0.120. The highest BCUT2D eigenvalue weighted by Gasteiger charge is 2.21. The third kappa shape index (κ3) is 3.67. The number of amides is 1. The average Bonchev–Trinajstić information content (AvgIpc) is 2.70. The summed E-state index contributed by atoms with van der Waals surface area (Å²) < 4.78 is 0. The third-order valence-corrected chi connectivity index (χ3v) is 4.90. The second-order valence-corrected chi connectivity index (χ2v) is 6.76. The molecule has 0 aliphatic heterocycles. The van der Waals surface area contributed by atoms with Crippen LogP contribution in [0.4, 0.5) is 17.2 Å². The Hall–Kier alpha value is -2.95. The number of anilines is 3. The molecule has 0 bridgehead atoms. The molecule has 0 unspecified atom stereocenters. The van der Waals surface area contributed by atoms with E-state index in [1.807, 2.05) is 42.5 Å². The number of hydrogen-bond donors (Lipinski definition) is 2. The van der Waals surface area contributed by atoms with E-state index >= 15 is 0 Å². The van der Waals surface area contributed by atoms with Crippen LogP contribution in [0, 0.1) is 5.92 Å². The molecule has 1 amide bonds. The Morgan fingerprint density at radius 2 is 1.81 bits per heavy atom. The van der Waals surface area contributed by atoms with Crippen molar-refractivity contribution in [2.75, 3.05) is 10.6 Å². The predicted octanol–water partition coefficient (Wildman–Crippen LogP) is 4.89. The van der Waals surface area contributed by atoms with Crippen molar-refractivity contribution >= 4 is 34.0 Å². The fourth-order valence-electron chi connectivity index (χ4n) is 3.50. The van der Waals surface area contributed by atoms with Crippen LogP contribution in [0.25, 0.3) is 10.9 Å². The predicted molar refractivity (Wildman–Crippen MR) is 104 cm³/mol. The number of benzene rings is 1. The third-order valence-electron chi connectivity index (χ3n) is 4.90. The first kappa shape index (κ1) is 16.5. The van der Waals surface area contributed by atoms with Gasteiger partial charge < -0.3 is 10.6 Å². The molecule has 132 valence electrons. The standard InChI is InChI=1S/C21H22N4O/c26-21(16-6-2-1-3-7-16)25-19-12-11-17(14-23-19)24-18-10-4-8-15-9-5-13-22-20(15)18/h4-5,8-14,16,24H,1-3,6-7H2,(H,23,25,26). The fourth-order valence-corrected chi connectivity index (χ4v) is 3.50. The van der Waals surface area contributed by atoms with Gasteiger partial charge in [-0.15, -0.1) is 0 Å². The number of aromatic nitrogens is 2. The van der Waals surface area contributed by atoms with Gasteiger partial charge in [0.25, 0.3) is 0 Å². The summed E-state index contributed by atoms with van der Waals surface area (Å²) in [4.78, 5) is 21.1. The van der Waals surface area contributed by atoms with Gasteiger partial charge in [0.15, 0.2) is 0 Å². The molecule has 0 saturated heterocycles. The molecule has 1 aliphatic rings. The van der Waals surface area contributed by atoms with E-state index in [0.29, 0.717) is 5.82 Å². The van der Waals surface area contributed by atoms with E-state index in [4.69, 9.17) is 0 Å². The van der Waals surface area contributed by atoms with Gasteiger partial charge in [-0.1, -0.05) is 37.5 Å². The molecule has 2 heterocycles. The smallest absolute Gasteiger partial charge is 0.228 e. The molecular formula is C21H22N4O. The van der Waals surface area contributed by atoms with Crippen LogP contribution < -0.4 is 10.6 Å². The largest absolute Gasteiger partial charge is 0.352 e. The van der Waals surface area contributed by atoms with E-state index in [1.54, 1.807) is 12.4 Å². The minimum absolute atomic E-state index is 0.0937. The molecule has 4 rings (SSSR count). The van der Waals surface area contributed by atoms with Gasteiger partial charge in [0.05, 0.1) is 23.1 Å². The minimum Gasteiger partial charge on any atom is -0.352 e. The average molecular weight is 346 g/mol. The van der Waals surface area contributed by atoms with Crippen LogP contribution >= 0.6 is 0 Å². The van der Waals surface area contributed by atoms with E-state index in [9.17, 15) is 4.79 Å². The van der Waals surface area contributed by atoms with Gasteiger partial charge in [0, 0.05) is 17.5 Å². The molecule has 3 aromatic rings. The van der Waals surface area contributed by atoms with Gasteiger partial charge in [-0.3, -0.25) is 9.78 Å². The summed E-state index contributed by atoms with van der Waals surface area (Å²) in [5, 5.41) is 7.38. The highest BCUT2D eigenvalue weighted by molar-refractivity contribution is 5.93. The Morgan fingerprint density at radius 3 is 2.62 bits per heavy atom. The van der Waals surface area contributed by atoms with E-state index in [2.05, 4.69) is 20.6 Å². The highest BCUT2D eigenvalue weighted by atomic mass is 16.1. The number of rotatable bonds is 4. The summed E-state index contributed by atoms with van der Waals surface area (Å²) in [6.45, 7) is 0. The van der Waals surface area contributed by atoms with Crippen molar-refractivity contribution in [3.8, 4) is 0 Å². The fraction of sp³-hybridized carbons (Fsp3) is 0.286. The van der Waals surface area contributed by atoms with E-state index in [-0.39, 0.29) is 11.8 Å². The first-order chi connectivity index (χ1) is 12.8. The SMILES string of the molecule is O=C(Nc1ccc(Nc2cccc3cccnc23)cn1)C1CCCCC1. The van der Waals surface area contributed by atoms with Gasteiger partial charge in [-0.05, 0) is 37.1 Å². The van der Waals surface area contributed by atoms with Gasteiger partial charge in [-0.25, -0.2) is 4.98 Å². The van der Waals surface area contributed by atoms with Crippen LogP contribution in [0.5, 0.6) is 0 Å². The maximum atomic E-state index is 12.3. The molecule has 2 N–H and O–H groups in total. The number of carbonyl (C=O) groups is 1. The summed E-state index contributed by atoms with van der Waals surface area (Å²) >= 11 is 0. The topological polar surface area (TPSA) is 66.9 Å².